The predicted octanol–water partition coefficient (Wildman–Crippen LogP) is 7.12. The van der Waals surface area contributed by atoms with Gasteiger partial charge in [-0.3, -0.25) is 0 Å². The van der Waals surface area contributed by atoms with Crippen molar-refractivity contribution in [3.05, 3.63) is 102 Å². The van der Waals surface area contributed by atoms with Gasteiger partial charge in [0.1, 0.15) is 5.03 Å². The van der Waals surface area contributed by atoms with Crippen LogP contribution in [0.4, 0.5) is 13.2 Å². The monoisotopic (exact) mass is 422 g/mol. The summed E-state index contributed by atoms with van der Waals surface area (Å²) in [6.07, 6.45) is -4.34. The molecule has 6 heteroatoms. The quantitative estimate of drug-likeness (QED) is 0.320. The molecule has 2 nitrogen and oxygen atoms in total. The minimum absolute atomic E-state index is 0.393. The summed E-state index contributed by atoms with van der Waals surface area (Å²) in [5, 5.41) is 9.15. The number of hydrogen-bond donors (Lipinski definition) is 0. The van der Waals surface area contributed by atoms with Crippen LogP contribution in [0.3, 0.4) is 0 Å². The molecular weight excluding hydrogens is 405 g/mol. The highest BCUT2D eigenvalue weighted by molar-refractivity contribution is 7.98. The van der Waals surface area contributed by atoms with E-state index in [1.54, 1.807) is 6.07 Å². The van der Waals surface area contributed by atoms with E-state index in [0.29, 0.717) is 16.3 Å². The number of benzene rings is 3. The van der Waals surface area contributed by atoms with Crippen molar-refractivity contribution in [2.24, 2.45) is 0 Å². The van der Waals surface area contributed by atoms with Gasteiger partial charge in [-0.1, -0.05) is 84.6 Å². The van der Waals surface area contributed by atoms with Crippen LogP contribution in [0.2, 0.25) is 0 Å². The SMILES string of the molecule is FC(F)(F)c1cccc(CSc2ccc(-c3ccc(-c4ccccc4)cc3)nn2)c1. The Kier molecular flexibility index (Phi) is 5.86. The van der Waals surface area contributed by atoms with Crippen LogP contribution in [-0.4, -0.2) is 10.2 Å². The van der Waals surface area contributed by atoms with Gasteiger partial charge in [0.05, 0.1) is 11.3 Å². The largest absolute Gasteiger partial charge is 0.416 e. The lowest BCUT2D eigenvalue weighted by atomic mass is 10.0. The standard InChI is InChI=1S/C24H17F3N2S/c25-24(26,27)21-8-4-5-17(15-21)16-30-23-14-13-22(28-29-23)20-11-9-19(10-12-20)18-6-2-1-3-7-18/h1-15H,16H2. The topological polar surface area (TPSA) is 25.8 Å². The van der Waals surface area contributed by atoms with Crippen molar-refractivity contribution in [1.82, 2.24) is 10.2 Å². The molecule has 0 spiro atoms. The lowest BCUT2D eigenvalue weighted by Crippen LogP contribution is -2.04. The number of aromatic nitrogens is 2. The zero-order chi connectivity index (χ0) is 21.0. The van der Waals surface area contributed by atoms with Gasteiger partial charge in [-0.15, -0.1) is 10.2 Å². The van der Waals surface area contributed by atoms with Gasteiger partial charge in [-0.05, 0) is 34.9 Å². The predicted molar refractivity (Wildman–Crippen MR) is 114 cm³/mol. The normalized spacial score (nSPS) is 11.4. The molecule has 0 saturated heterocycles. The van der Waals surface area contributed by atoms with Gasteiger partial charge in [-0.2, -0.15) is 13.2 Å². The molecule has 4 aromatic rings. The van der Waals surface area contributed by atoms with Gasteiger partial charge in [0, 0.05) is 11.3 Å². The van der Waals surface area contributed by atoms with Crippen LogP contribution in [0.5, 0.6) is 0 Å². The summed E-state index contributed by atoms with van der Waals surface area (Å²) in [6.45, 7) is 0. The fourth-order valence-corrected chi connectivity index (χ4v) is 3.77. The molecule has 0 bridgehead atoms. The second kappa shape index (κ2) is 8.71. The van der Waals surface area contributed by atoms with Crippen LogP contribution in [-0.2, 0) is 11.9 Å². The van der Waals surface area contributed by atoms with E-state index in [9.17, 15) is 13.2 Å². The van der Waals surface area contributed by atoms with Gasteiger partial charge < -0.3 is 0 Å². The van der Waals surface area contributed by atoms with E-state index >= 15 is 0 Å². The molecule has 0 unspecified atom stereocenters. The van der Waals surface area contributed by atoms with E-state index in [1.165, 1.54) is 23.9 Å². The summed E-state index contributed by atoms with van der Waals surface area (Å²) < 4.78 is 38.5. The zero-order valence-electron chi connectivity index (χ0n) is 15.8. The van der Waals surface area contributed by atoms with Crippen molar-refractivity contribution in [2.75, 3.05) is 0 Å². The maximum atomic E-state index is 12.8. The van der Waals surface area contributed by atoms with Crippen molar-refractivity contribution in [3.8, 4) is 22.4 Å². The average Bonchev–Trinajstić information content (AvgIpc) is 2.78. The molecule has 0 aliphatic carbocycles. The third kappa shape index (κ3) is 4.89. The molecule has 4 rings (SSSR count). The molecule has 0 fully saturated rings. The van der Waals surface area contributed by atoms with Crippen molar-refractivity contribution >= 4 is 11.8 Å². The minimum atomic E-state index is -4.34. The van der Waals surface area contributed by atoms with Crippen LogP contribution >= 0.6 is 11.8 Å². The molecule has 0 aliphatic rings. The van der Waals surface area contributed by atoms with E-state index in [4.69, 9.17) is 0 Å². The third-order valence-electron chi connectivity index (χ3n) is 4.57. The Balaban J connectivity index is 1.42. The second-order valence-electron chi connectivity index (χ2n) is 6.69. The van der Waals surface area contributed by atoms with E-state index < -0.39 is 11.7 Å². The van der Waals surface area contributed by atoms with Crippen LogP contribution < -0.4 is 0 Å². The summed E-state index contributed by atoms with van der Waals surface area (Å²) in [5.74, 6) is 0.393. The highest BCUT2D eigenvalue weighted by atomic mass is 32.2. The van der Waals surface area contributed by atoms with Crippen molar-refractivity contribution in [2.45, 2.75) is 17.0 Å². The summed E-state index contributed by atoms with van der Waals surface area (Å²) in [4.78, 5) is 0. The Morgan fingerprint density at radius 3 is 2.03 bits per heavy atom. The summed E-state index contributed by atoms with van der Waals surface area (Å²) in [5.41, 5.74) is 3.94. The Morgan fingerprint density at radius 1 is 0.667 bits per heavy atom. The van der Waals surface area contributed by atoms with E-state index in [1.807, 2.05) is 54.6 Å². The van der Waals surface area contributed by atoms with Crippen LogP contribution in [0, 0.1) is 0 Å². The summed E-state index contributed by atoms with van der Waals surface area (Å²) >= 11 is 1.36. The number of hydrogen-bond acceptors (Lipinski definition) is 3. The summed E-state index contributed by atoms with van der Waals surface area (Å²) in [7, 11) is 0. The molecule has 0 amide bonds. The molecule has 1 aromatic heterocycles. The number of rotatable bonds is 5. The van der Waals surface area contributed by atoms with Gasteiger partial charge in [0.2, 0.25) is 0 Å². The molecule has 0 saturated carbocycles. The molecule has 0 atom stereocenters. The first kappa shape index (κ1) is 20.2. The highest BCUT2D eigenvalue weighted by Crippen LogP contribution is 2.31. The average molecular weight is 422 g/mol. The molecule has 0 N–H and O–H groups in total. The summed E-state index contributed by atoms with van der Waals surface area (Å²) in [6, 6.07) is 27.3. The van der Waals surface area contributed by atoms with Crippen molar-refractivity contribution in [3.63, 3.8) is 0 Å². The van der Waals surface area contributed by atoms with Gasteiger partial charge in [0.15, 0.2) is 0 Å². The van der Waals surface area contributed by atoms with Crippen LogP contribution in [0.25, 0.3) is 22.4 Å². The molecule has 150 valence electrons. The fourth-order valence-electron chi connectivity index (χ4n) is 3.01. The molecule has 0 radical (unpaired) electrons. The number of alkyl halides is 3. The van der Waals surface area contributed by atoms with E-state index in [2.05, 4.69) is 22.3 Å². The lowest BCUT2D eigenvalue weighted by molar-refractivity contribution is -0.137. The van der Waals surface area contributed by atoms with Gasteiger partial charge in [0.25, 0.3) is 0 Å². The molecular formula is C24H17F3N2S. The number of halogens is 3. The fraction of sp³-hybridized carbons (Fsp3) is 0.0833. The van der Waals surface area contributed by atoms with E-state index in [0.717, 1.165) is 28.5 Å². The maximum absolute atomic E-state index is 12.8. The number of nitrogens with zero attached hydrogens (tertiary/aromatic N) is 2. The Labute approximate surface area is 176 Å². The smallest absolute Gasteiger partial charge is 0.166 e. The molecule has 1 heterocycles. The zero-order valence-corrected chi connectivity index (χ0v) is 16.6. The first-order valence-electron chi connectivity index (χ1n) is 9.27. The Bertz CT molecular complexity index is 1110. The Hall–Kier alpha value is -3.12. The van der Waals surface area contributed by atoms with Crippen molar-refractivity contribution in [1.29, 1.82) is 0 Å². The molecule has 0 aliphatic heterocycles. The Morgan fingerprint density at radius 2 is 1.37 bits per heavy atom. The molecule has 3 aromatic carbocycles. The minimum Gasteiger partial charge on any atom is -0.166 e. The number of thioether (sulfide) groups is 1. The first-order chi connectivity index (χ1) is 14.5. The first-order valence-corrected chi connectivity index (χ1v) is 10.3. The highest BCUT2D eigenvalue weighted by Gasteiger charge is 2.30. The second-order valence-corrected chi connectivity index (χ2v) is 7.68. The van der Waals surface area contributed by atoms with Gasteiger partial charge >= 0.3 is 6.18 Å². The van der Waals surface area contributed by atoms with Gasteiger partial charge in [-0.25, -0.2) is 0 Å². The van der Waals surface area contributed by atoms with Crippen molar-refractivity contribution < 1.29 is 13.2 Å². The van der Waals surface area contributed by atoms with E-state index in [-0.39, 0.29) is 0 Å². The van der Waals surface area contributed by atoms with Crippen LogP contribution in [0.1, 0.15) is 11.1 Å². The van der Waals surface area contributed by atoms with Crippen LogP contribution in [0.15, 0.2) is 96.0 Å². The maximum Gasteiger partial charge on any atom is 0.416 e. The lowest BCUT2D eigenvalue weighted by Gasteiger charge is -2.08. The third-order valence-corrected chi connectivity index (χ3v) is 5.56. The molecule has 30 heavy (non-hydrogen) atoms.